The lowest BCUT2D eigenvalue weighted by Gasteiger charge is -2.23. The summed E-state index contributed by atoms with van der Waals surface area (Å²) >= 11 is 3.45. The molecule has 0 bridgehead atoms. The van der Waals surface area contributed by atoms with Crippen molar-refractivity contribution in [3.63, 3.8) is 0 Å². The van der Waals surface area contributed by atoms with E-state index in [1.165, 1.54) is 0 Å². The predicted octanol–water partition coefficient (Wildman–Crippen LogP) is 2.98. The Bertz CT molecular complexity index is 689. The van der Waals surface area contributed by atoms with E-state index in [0.29, 0.717) is 12.0 Å². The van der Waals surface area contributed by atoms with Crippen LogP contribution in [0.5, 0.6) is 0 Å². The molecule has 0 saturated carbocycles. The highest BCUT2D eigenvalue weighted by atomic mass is 32.2. The van der Waals surface area contributed by atoms with Gasteiger partial charge in [-0.15, -0.1) is 21.5 Å². The van der Waals surface area contributed by atoms with Crippen LogP contribution in [0, 0.1) is 6.92 Å². The number of hydrogen-bond donors (Lipinski definition) is 1. The number of aryl methyl sites for hydroxylation is 1. The van der Waals surface area contributed by atoms with E-state index in [1.807, 2.05) is 6.92 Å². The third-order valence-corrected chi connectivity index (χ3v) is 6.70. The Hall–Kier alpha value is -0.960. The fraction of sp³-hybridized carbons (Fsp3) is 0.706. The van der Waals surface area contributed by atoms with Crippen LogP contribution in [0.4, 0.5) is 0 Å². The minimum absolute atomic E-state index is 0.303. The number of hydrogen-bond acceptors (Lipinski definition) is 7. The molecule has 0 amide bonds. The second kappa shape index (κ2) is 8.16. The molecule has 4 heterocycles. The molecule has 0 spiro atoms. The first-order valence-electron chi connectivity index (χ1n) is 9.09. The zero-order chi connectivity index (χ0) is 17.1. The topological polar surface area (TPSA) is 64.9 Å². The third-order valence-electron chi connectivity index (χ3n) is 4.88. The molecule has 2 aliphatic rings. The van der Waals surface area contributed by atoms with Crippen LogP contribution in [-0.2, 0) is 17.0 Å². The second-order valence-electron chi connectivity index (χ2n) is 6.76. The van der Waals surface area contributed by atoms with E-state index < -0.39 is 0 Å². The SMILES string of the molecule is Cc1nc(CSc2nnc(C3CCNCC3)n2C[C@H]2CCCO2)cs1. The van der Waals surface area contributed by atoms with Gasteiger partial charge in [-0.25, -0.2) is 4.98 Å². The average molecular weight is 380 g/mol. The predicted molar refractivity (Wildman–Crippen MR) is 100 cm³/mol. The molecule has 6 nitrogen and oxygen atoms in total. The van der Waals surface area contributed by atoms with Crippen molar-refractivity contribution in [1.29, 1.82) is 0 Å². The van der Waals surface area contributed by atoms with E-state index in [1.54, 1.807) is 23.1 Å². The molecule has 2 aliphatic heterocycles. The lowest BCUT2D eigenvalue weighted by molar-refractivity contribution is 0.0936. The fourth-order valence-electron chi connectivity index (χ4n) is 3.57. The molecule has 1 N–H and O–H groups in total. The van der Waals surface area contributed by atoms with Crippen molar-refractivity contribution in [3.05, 3.63) is 21.9 Å². The maximum absolute atomic E-state index is 5.88. The van der Waals surface area contributed by atoms with Gasteiger partial charge in [0.1, 0.15) is 5.82 Å². The average Bonchev–Trinajstić information content (AvgIpc) is 3.36. The van der Waals surface area contributed by atoms with Gasteiger partial charge in [0.15, 0.2) is 5.16 Å². The molecule has 25 heavy (non-hydrogen) atoms. The van der Waals surface area contributed by atoms with E-state index in [-0.39, 0.29) is 0 Å². The second-order valence-corrected chi connectivity index (χ2v) is 8.76. The van der Waals surface area contributed by atoms with Crippen molar-refractivity contribution in [1.82, 2.24) is 25.1 Å². The van der Waals surface area contributed by atoms with Crippen LogP contribution < -0.4 is 5.32 Å². The largest absolute Gasteiger partial charge is 0.376 e. The highest BCUT2D eigenvalue weighted by Gasteiger charge is 2.26. The maximum atomic E-state index is 5.88. The summed E-state index contributed by atoms with van der Waals surface area (Å²) in [7, 11) is 0. The molecule has 136 valence electrons. The number of rotatable bonds is 6. The van der Waals surface area contributed by atoms with Crippen molar-refractivity contribution < 1.29 is 4.74 Å². The number of ether oxygens (including phenoxy) is 1. The molecule has 0 unspecified atom stereocenters. The van der Waals surface area contributed by atoms with Crippen LogP contribution >= 0.6 is 23.1 Å². The van der Waals surface area contributed by atoms with Gasteiger partial charge in [-0.05, 0) is 45.7 Å². The van der Waals surface area contributed by atoms with Gasteiger partial charge in [-0.2, -0.15) is 0 Å². The molecule has 1 atom stereocenters. The first-order chi connectivity index (χ1) is 12.3. The molecular weight excluding hydrogens is 354 g/mol. The van der Waals surface area contributed by atoms with Crippen LogP contribution in [0.3, 0.4) is 0 Å². The molecule has 2 aromatic rings. The Balaban J connectivity index is 1.52. The Kier molecular flexibility index (Phi) is 5.70. The van der Waals surface area contributed by atoms with Crippen molar-refractivity contribution >= 4 is 23.1 Å². The Labute approximate surface area is 156 Å². The standard InChI is InChI=1S/C17H25N5OS2/c1-12-19-14(10-24-12)11-25-17-21-20-16(13-4-6-18-7-5-13)22(17)9-15-3-2-8-23-15/h10,13,15,18H,2-9,11H2,1H3/t15-/m1/s1. The lowest BCUT2D eigenvalue weighted by Crippen LogP contribution is -2.29. The Morgan fingerprint density at radius 2 is 2.20 bits per heavy atom. The molecule has 2 saturated heterocycles. The molecule has 2 fully saturated rings. The van der Waals surface area contributed by atoms with Gasteiger partial charge in [-0.1, -0.05) is 11.8 Å². The van der Waals surface area contributed by atoms with Crippen molar-refractivity contribution in [2.75, 3.05) is 19.7 Å². The van der Waals surface area contributed by atoms with E-state index >= 15 is 0 Å². The number of aromatic nitrogens is 4. The minimum Gasteiger partial charge on any atom is -0.376 e. The number of nitrogens with zero attached hydrogens (tertiary/aromatic N) is 4. The molecule has 2 aromatic heterocycles. The van der Waals surface area contributed by atoms with Crippen molar-refractivity contribution in [2.24, 2.45) is 0 Å². The van der Waals surface area contributed by atoms with E-state index in [2.05, 4.69) is 30.4 Å². The zero-order valence-corrected chi connectivity index (χ0v) is 16.2. The first-order valence-corrected chi connectivity index (χ1v) is 11.0. The summed E-state index contributed by atoms with van der Waals surface area (Å²) in [4.78, 5) is 4.56. The molecule has 4 rings (SSSR count). The summed E-state index contributed by atoms with van der Waals surface area (Å²) in [6.45, 7) is 5.95. The monoisotopic (exact) mass is 379 g/mol. The summed E-state index contributed by atoms with van der Waals surface area (Å²) in [6, 6.07) is 0. The molecule has 0 aromatic carbocycles. The molecule has 8 heteroatoms. The molecule has 0 radical (unpaired) electrons. The highest BCUT2D eigenvalue weighted by Crippen LogP contribution is 2.30. The summed E-state index contributed by atoms with van der Waals surface area (Å²) in [6.07, 6.45) is 4.88. The Morgan fingerprint density at radius 1 is 1.32 bits per heavy atom. The smallest absolute Gasteiger partial charge is 0.191 e. The van der Waals surface area contributed by atoms with E-state index in [4.69, 9.17) is 4.74 Å². The van der Waals surface area contributed by atoms with Gasteiger partial charge in [0.05, 0.1) is 23.4 Å². The van der Waals surface area contributed by atoms with Gasteiger partial charge < -0.3 is 14.6 Å². The molecule has 0 aliphatic carbocycles. The van der Waals surface area contributed by atoms with Crippen molar-refractivity contribution in [3.8, 4) is 0 Å². The highest BCUT2D eigenvalue weighted by molar-refractivity contribution is 7.98. The fourth-order valence-corrected chi connectivity index (χ4v) is 5.13. The van der Waals surface area contributed by atoms with Crippen LogP contribution in [0.15, 0.2) is 10.5 Å². The lowest BCUT2D eigenvalue weighted by atomic mass is 9.97. The van der Waals surface area contributed by atoms with Crippen LogP contribution in [0.25, 0.3) is 0 Å². The number of thiazole rings is 1. The van der Waals surface area contributed by atoms with E-state index in [9.17, 15) is 0 Å². The van der Waals surface area contributed by atoms with Crippen LogP contribution in [-0.4, -0.2) is 45.5 Å². The quantitative estimate of drug-likeness (QED) is 0.779. The van der Waals surface area contributed by atoms with Gasteiger partial charge in [0.2, 0.25) is 0 Å². The van der Waals surface area contributed by atoms with E-state index in [0.717, 1.165) is 79.4 Å². The van der Waals surface area contributed by atoms with Crippen molar-refractivity contribution in [2.45, 2.75) is 62.1 Å². The minimum atomic E-state index is 0.303. The van der Waals surface area contributed by atoms with Gasteiger partial charge in [0, 0.05) is 23.7 Å². The third kappa shape index (κ3) is 4.24. The zero-order valence-electron chi connectivity index (χ0n) is 14.6. The normalized spacial score (nSPS) is 21.9. The van der Waals surface area contributed by atoms with Gasteiger partial charge in [-0.3, -0.25) is 0 Å². The number of thioether (sulfide) groups is 1. The Morgan fingerprint density at radius 3 is 2.92 bits per heavy atom. The first kappa shape index (κ1) is 17.5. The van der Waals surface area contributed by atoms with Gasteiger partial charge in [0.25, 0.3) is 0 Å². The number of nitrogens with one attached hydrogen (secondary N) is 1. The summed E-state index contributed by atoms with van der Waals surface area (Å²) in [5.41, 5.74) is 1.13. The van der Waals surface area contributed by atoms with Crippen LogP contribution in [0.2, 0.25) is 0 Å². The maximum Gasteiger partial charge on any atom is 0.191 e. The molecular formula is C17H25N5OS2. The summed E-state index contributed by atoms with van der Waals surface area (Å²) in [5.74, 6) is 2.50. The van der Waals surface area contributed by atoms with Crippen LogP contribution in [0.1, 0.15) is 48.1 Å². The number of piperidine rings is 1. The summed E-state index contributed by atoms with van der Waals surface area (Å²) < 4.78 is 8.21. The summed E-state index contributed by atoms with van der Waals surface area (Å²) in [5, 5.41) is 16.8. The van der Waals surface area contributed by atoms with Gasteiger partial charge >= 0.3 is 0 Å².